The van der Waals surface area contributed by atoms with E-state index in [0.29, 0.717) is 27.4 Å². The molecule has 110 valence electrons. The highest BCUT2D eigenvalue weighted by Crippen LogP contribution is 2.38. The number of carbonyl (C=O) groups is 1. The summed E-state index contributed by atoms with van der Waals surface area (Å²) in [6.45, 7) is 1.74. The van der Waals surface area contributed by atoms with Gasteiger partial charge in [0.05, 0.1) is 21.6 Å². The number of ether oxygens (including phenoxy) is 2. The van der Waals surface area contributed by atoms with Gasteiger partial charge in [0, 0.05) is 11.8 Å². The number of hydrogen-bond acceptors (Lipinski definition) is 4. The summed E-state index contributed by atoms with van der Waals surface area (Å²) < 4.78 is 12.3. The molecule has 21 heavy (non-hydrogen) atoms. The van der Waals surface area contributed by atoms with Crippen molar-refractivity contribution >= 4 is 37.8 Å². The number of aromatic carboxylic acids is 1. The highest BCUT2D eigenvalue weighted by Gasteiger charge is 2.13. The number of aromatic nitrogens is 1. The summed E-state index contributed by atoms with van der Waals surface area (Å²) in [5.41, 5.74) is 0.753. The summed E-state index contributed by atoms with van der Waals surface area (Å²) in [4.78, 5) is 14.9. The van der Waals surface area contributed by atoms with Crippen molar-refractivity contribution < 1.29 is 19.4 Å². The maximum Gasteiger partial charge on any atom is 0.337 e. The molecule has 1 heterocycles. The molecule has 1 aromatic carbocycles. The van der Waals surface area contributed by atoms with Gasteiger partial charge in [-0.1, -0.05) is 0 Å². The van der Waals surface area contributed by atoms with E-state index in [1.807, 2.05) is 0 Å². The Kier molecular flexibility index (Phi) is 4.84. The van der Waals surface area contributed by atoms with Gasteiger partial charge in [-0.3, -0.25) is 0 Å². The number of carboxylic acids is 1. The minimum absolute atomic E-state index is 0.120. The normalized spacial score (nSPS) is 10.3. The van der Waals surface area contributed by atoms with Gasteiger partial charge in [0.15, 0.2) is 0 Å². The molecule has 0 spiro atoms. The second-order valence-electron chi connectivity index (χ2n) is 4.17. The van der Waals surface area contributed by atoms with Gasteiger partial charge in [-0.15, -0.1) is 0 Å². The van der Waals surface area contributed by atoms with E-state index in [0.717, 1.165) is 4.47 Å². The maximum atomic E-state index is 10.9. The van der Waals surface area contributed by atoms with Crippen LogP contribution < -0.4 is 9.47 Å². The van der Waals surface area contributed by atoms with Crippen LogP contribution in [0, 0.1) is 6.92 Å². The Morgan fingerprint density at radius 1 is 1.19 bits per heavy atom. The molecule has 0 fully saturated rings. The quantitative estimate of drug-likeness (QED) is 0.799. The summed E-state index contributed by atoms with van der Waals surface area (Å²) in [7, 11) is 1.57. The molecule has 5 nitrogen and oxygen atoms in total. The summed E-state index contributed by atoms with van der Waals surface area (Å²) in [6.07, 6.45) is 1.26. The first-order valence-electron chi connectivity index (χ1n) is 5.83. The topological polar surface area (TPSA) is 68.7 Å². The molecule has 0 unspecified atom stereocenters. The fourth-order valence-electron chi connectivity index (χ4n) is 1.64. The number of carboxylic acid groups (broad SMARTS) is 1. The van der Waals surface area contributed by atoms with Crippen molar-refractivity contribution in [2.24, 2.45) is 0 Å². The molecule has 0 atom stereocenters. The number of aryl methyl sites for hydroxylation is 1. The Labute approximate surface area is 138 Å². The first-order valence-corrected chi connectivity index (χ1v) is 7.41. The molecule has 2 rings (SSSR count). The zero-order valence-corrected chi connectivity index (χ0v) is 14.4. The fraction of sp³-hybridized carbons (Fsp3) is 0.143. The van der Waals surface area contributed by atoms with Crippen LogP contribution in [0.3, 0.4) is 0 Å². The summed E-state index contributed by atoms with van der Waals surface area (Å²) in [5.74, 6) is 0.532. The summed E-state index contributed by atoms with van der Waals surface area (Å²) >= 11 is 6.77. The lowest BCUT2D eigenvalue weighted by atomic mass is 10.2. The Morgan fingerprint density at radius 2 is 1.81 bits per heavy atom. The highest BCUT2D eigenvalue weighted by atomic mass is 79.9. The first-order chi connectivity index (χ1) is 9.92. The highest BCUT2D eigenvalue weighted by molar-refractivity contribution is 9.11. The molecule has 2 aromatic rings. The average molecular weight is 417 g/mol. The van der Waals surface area contributed by atoms with Crippen LogP contribution in [0.25, 0.3) is 0 Å². The zero-order valence-electron chi connectivity index (χ0n) is 11.2. The van der Waals surface area contributed by atoms with Gasteiger partial charge in [0.25, 0.3) is 0 Å². The molecule has 1 N–H and O–H groups in total. The van der Waals surface area contributed by atoms with Gasteiger partial charge in [-0.2, -0.15) is 0 Å². The van der Waals surface area contributed by atoms with Crippen molar-refractivity contribution in [1.29, 1.82) is 0 Å². The lowest BCUT2D eigenvalue weighted by molar-refractivity contribution is 0.0696. The third-order valence-electron chi connectivity index (χ3n) is 2.69. The van der Waals surface area contributed by atoms with E-state index in [1.54, 1.807) is 26.2 Å². The molecule has 0 aliphatic rings. The maximum absolute atomic E-state index is 10.9. The van der Waals surface area contributed by atoms with Crippen molar-refractivity contribution in [2.75, 3.05) is 7.11 Å². The van der Waals surface area contributed by atoms with Crippen LogP contribution in [0.15, 0.2) is 33.3 Å². The molecule has 0 aliphatic heterocycles. The molecule has 1 aromatic heterocycles. The number of halogens is 2. The number of benzene rings is 1. The third-order valence-corrected chi connectivity index (χ3v) is 3.93. The Bertz CT molecular complexity index is 704. The predicted octanol–water partition coefficient (Wildman–Crippen LogP) is 4.41. The van der Waals surface area contributed by atoms with Crippen molar-refractivity contribution in [3.8, 4) is 17.4 Å². The standard InChI is InChI=1S/C14H11Br2NO4/c1-7-3-8(14(18)19)6-17-13(7)21-12-5-9(15)11(20-2)4-10(12)16/h3-6H,1-2H3,(H,18,19). The van der Waals surface area contributed by atoms with Crippen LogP contribution in [0.4, 0.5) is 0 Å². The van der Waals surface area contributed by atoms with E-state index in [-0.39, 0.29) is 5.56 Å². The Morgan fingerprint density at radius 3 is 2.38 bits per heavy atom. The first kappa shape index (κ1) is 15.8. The molecular weight excluding hydrogens is 406 g/mol. The number of nitrogens with zero attached hydrogens (tertiary/aromatic N) is 1. The minimum Gasteiger partial charge on any atom is -0.496 e. The van der Waals surface area contributed by atoms with Gasteiger partial charge in [-0.05, 0) is 57.0 Å². The smallest absolute Gasteiger partial charge is 0.337 e. The lowest BCUT2D eigenvalue weighted by Crippen LogP contribution is -2.00. The molecule has 0 radical (unpaired) electrons. The number of hydrogen-bond donors (Lipinski definition) is 1. The van der Waals surface area contributed by atoms with Crippen LogP contribution in [-0.4, -0.2) is 23.2 Å². The van der Waals surface area contributed by atoms with Crippen LogP contribution in [0.1, 0.15) is 15.9 Å². The van der Waals surface area contributed by atoms with Crippen LogP contribution >= 0.6 is 31.9 Å². The Balaban J connectivity index is 2.34. The van der Waals surface area contributed by atoms with Gasteiger partial charge in [0.1, 0.15) is 11.5 Å². The number of methoxy groups -OCH3 is 1. The number of rotatable bonds is 4. The van der Waals surface area contributed by atoms with E-state index in [1.165, 1.54) is 12.3 Å². The van der Waals surface area contributed by atoms with Gasteiger partial charge >= 0.3 is 5.97 Å². The molecule has 7 heteroatoms. The molecule has 0 amide bonds. The Hall–Kier alpha value is -1.60. The molecule has 0 bridgehead atoms. The molecule has 0 saturated carbocycles. The van der Waals surface area contributed by atoms with Gasteiger partial charge in [0.2, 0.25) is 5.88 Å². The predicted molar refractivity (Wildman–Crippen MR) is 84.4 cm³/mol. The molecule has 0 aliphatic carbocycles. The van der Waals surface area contributed by atoms with Crippen LogP contribution in [0.5, 0.6) is 17.4 Å². The van der Waals surface area contributed by atoms with E-state index in [4.69, 9.17) is 14.6 Å². The zero-order chi connectivity index (χ0) is 15.6. The average Bonchev–Trinajstić information content (AvgIpc) is 2.44. The SMILES string of the molecule is COc1cc(Br)c(Oc2ncc(C(=O)O)cc2C)cc1Br. The molecule has 0 saturated heterocycles. The summed E-state index contributed by atoms with van der Waals surface area (Å²) in [6, 6.07) is 5.02. The van der Waals surface area contributed by atoms with E-state index in [9.17, 15) is 4.79 Å². The van der Waals surface area contributed by atoms with E-state index in [2.05, 4.69) is 36.8 Å². The second kappa shape index (κ2) is 6.44. The van der Waals surface area contributed by atoms with Gasteiger partial charge < -0.3 is 14.6 Å². The second-order valence-corrected chi connectivity index (χ2v) is 5.88. The van der Waals surface area contributed by atoms with Crippen molar-refractivity contribution in [2.45, 2.75) is 6.92 Å². The fourth-order valence-corrected chi connectivity index (χ4v) is 2.52. The molecular formula is C14H11Br2NO4. The van der Waals surface area contributed by atoms with Crippen LogP contribution in [-0.2, 0) is 0 Å². The third kappa shape index (κ3) is 3.54. The van der Waals surface area contributed by atoms with Crippen LogP contribution in [0.2, 0.25) is 0 Å². The minimum atomic E-state index is -1.02. The van der Waals surface area contributed by atoms with Crippen molar-refractivity contribution in [3.05, 3.63) is 44.5 Å². The van der Waals surface area contributed by atoms with E-state index >= 15 is 0 Å². The summed E-state index contributed by atoms with van der Waals surface area (Å²) in [5, 5.41) is 8.92. The number of pyridine rings is 1. The largest absolute Gasteiger partial charge is 0.496 e. The van der Waals surface area contributed by atoms with Crippen molar-refractivity contribution in [1.82, 2.24) is 4.98 Å². The lowest BCUT2D eigenvalue weighted by Gasteiger charge is -2.12. The van der Waals surface area contributed by atoms with Crippen molar-refractivity contribution in [3.63, 3.8) is 0 Å². The van der Waals surface area contributed by atoms with Gasteiger partial charge in [-0.25, -0.2) is 9.78 Å². The van der Waals surface area contributed by atoms with E-state index < -0.39 is 5.97 Å². The monoisotopic (exact) mass is 415 g/mol.